The normalized spacial score (nSPS) is 12.1. The number of aliphatic carboxylic acids is 1. The largest absolute Gasteiger partial charge is 0.480 e. The molecule has 1 rings (SSSR count). The Balaban J connectivity index is 0.00000110. The predicted molar refractivity (Wildman–Crippen MR) is 82.3 cm³/mol. The van der Waals surface area contributed by atoms with Gasteiger partial charge in [0.1, 0.15) is 11.0 Å². The molecule has 1 unspecified atom stereocenters. The van der Waals surface area contributed by atoms with E-state index in [-0.39, 0.29) is 0 Å². The smallest absolute Gasteiger partial charge is 0.328 e. The highest BCUT2D eigenvalue weighted by atomic mass is 32.1. The van der Waals surface area contributed by atoms with Crippen LogP contribution in [0.15, 0.2) is 22.6 Å². The molecule has 20 heavy (non-hydrogen) atoms. The van der Waals surface area contributed by atoms with Crippen LogP contribution in [0, 0.1) is 5.41 Å². The van der Waals surface area contributed by atoms with Crippen molar-refractivity contribution in [2.24, 2.45) is 16.5 Å². The van der Waals surface area contributed by atoms with Gasteiger partial charge in [-0.25, -0.2) is 9.78 Å². The molecular weight excluding hydrogens is 278 g/mol. The van der Waals surface area contributed by atoms with E-state index in [0.717, 1.165) is 11.3 Å². The van der Waals surface area contributed by atoms with Crippen molar-refractivity contribution in [2.45, 2.75) is 18.9 Å². The number of rotatable bonds is 7. The minimum atomic E-state index is -0.919. The van der Waals surface area contributed by atoms with Crippen LogP contribution in [0.3, 0.4) is 0 Å². The van der Waals surface area contributed by atoms with Gasteiger partial charge in [-0.15, -0.1) is 11.3 Å². The molecule has 0 aromatic carbocycles. The Hall–Kier alpha value is -2.06. The van der Waals surface area contributed by atoms with Crippen LogP contribution in [0.5, 0.6) is 0 Å². The van der Waals surface area contributed by atoms with Crippen molar-refractivity contribution in [2.75, 3.05) is 6.54 Å². The number of aliphatic imine (C=N–C) groups is 1. The van der Waals surface area contributed by atoms with E-state index < -0.39 is 12.0 Å². The highest BCUT2D eigenvalue weighted by molar-refractivity contribution is 7.10. The van der Waals surface area contributed by atoms with Crippen molar-refractivity contribution >= 4 is 35.9 Å². The fourth-order valence-corrected chi connectivity index (χ4v) is 1.71. The zero-order valence-electron chi connectivity index (χ0n) is 11.0. The summed E-state index contributed by atoms with van der Waals surface area (Å²) in [5.74, 6) is -0.919. The second-order valence-corrected chi connectivity index (χ2v) is 4.41. The lowest BCUT2D eigenvalue weighted by Crippen LogP contribution is -2.19. The summed E-state index contributed by atoms with van der Waals surface area (Å²) < 4.78 is 0. The fourth-order valence-electron chi connectivity index (χ4n) is 1.17. The molecule has 8 heteroatoms. The van der Waals surface area contributed by atoms with Crippen LogP contribution in [0.25, 0.3) is 6.08 Å². The van der Waals surface area contributed by atoms with E-state index in [2.05, 4.69) is 15.7 Å². The zero-order valence-corrected chi connectivity index (χ0v) is 11.8. The molecule has 0 aliphatic rings. The highest BCUT2D eigenvalue weighted by Crippen LogP contribution is 2.05. The van der Waals surface area contributed by atoms with Crippen molar-refractivity contribution in [3.63, 3.8) is 0 Å². The number of carbonyl (C=O) groups is 1. The van der Waals surface area contributed by atoms with Gasteiger partial charge in [-0.05, 0) is 31.5 Å². The van der Waals surface area contributed by atoms with Crippen LogP contribution in [0.4, 0.5) is 0 Å². The minimum Gasteiger partial charge on any atom is -0.480 e. The standard InChI is InChI=1S/C11H15N3O2S.CH4N2/c12-5-1-3-9(11(15)16)13-6-2-4-10-14-7-8-17-10;2-1-3/h2,4,6-9H,1,3,5,12H2,(H,15,16);1H,(H3,2,3)/b4-2+,13-6?;. The molecule has 0 saturated carbocycles. The summed E-state index contributed by atoms with van der Waals surface area (Å²) in [5, 5.41) is 17.5. The van der Waals surface area contributed by atoms with Crippen molar-refractivity contribution in [1.29, 1.82) is 5.41 Å². The third-order valence-corrected chi connectivity index (χ3v) is 2.75. The first kappa shape index (κ1) is 17.9. The number of hydrogen-bond acceptors (Lipinski definition) is 6. The number of aromatic nitrogens is 1. The maximum Gasteiger partial charge on any atom is 0.328 e. The fraction of sp³-hybridized carbons (Fsp3) is 0.333. The first-order chi connectivity index (χ1) is 9.65. The van der Waals surface area contributed by atoms with E-state index in [9.17, 15) is 4.79 Å². The first-order valence-electron chi connectivity index (χ1n) is 5.88. The molecule has 1 atom stereocenters. The number of nitrogens with zero attached hydrogens (tertiary/aromatic N) is 2. The number of thiazole rings is 1. The molecule has 110 valence electrons. The van der Waals surface area contributed by atoms with Crippen LogP contribution < -0.4 is 11.5 Å². The van der Waals surface area contributed by atoms with Crippen molar-refractivity contribution in [1.82, 2.24) is 4.98 Å². The summed E-state index contributed by atoms with van der Waals surface area (Å²) >= 11 is 1.51. The second-order valence-electron chi connectivity index (χ2n) is 3.48. The Bertz CT molecular complexity index is 431. The van der Waals surface area contributed by atoms with Crippen LogP contribution in [0.2, 0.25) is 0 Å². The van der Waals surface area contributed by atoms with Gasteiger partial charge in [-0.3, -0.25) is 10.4 Å². The van der Waals surface area contributed by atoms with Crippen molar-refractivity contribution in [3.8, 4) is 0 Å². The Morgan fingerprint density at radius 1 is 1.65 bits per heavy atom. The van der Waals surface area contributed by atoms with Crippen LogP contribution in [0.1, 0.15) is 17.8 Å². The van der Waals surface area contributed by atoms with E-state index in [1.807, 2.05) is 5.38 Å². The highest BCUT2D eigenvalue weighted by Gasteiger charge is 2.13. The molecule has 0 radical (unpaired) electrons. The average molecular weight is 297 g/mol. The Morgan fingerprint density at radius 3 is 2.85 bits per heavy atom. The number of nitrogens with two attached hydrogens (primary N) is 2. The number of allylic oxidation sites excluding steroid dienone is 1. The van der Waals surface area contributed by atoms with Gasteiger partial charge >= 0.3 is 5.97 Å². The SMILES string of the molecule is N=CN.NCCCC(N=C/C=C/c1nccs1)C(=O)O. The molecule has 0 aliphatic heterocycles. The average Bonchev–Trinajstić information content (AvgIpc) is 2.91. The molecule has 0 spiro atoms. The summed E-state index contributed by atoms with van der Waals surface area (Å²) in [7, 11) is 0. The molecule has 0 aliphatic carbocycles. The van der Waals surface area contributed by atoms with Gasteiger partial charge < -0.3 is 16.6 Å². The third kappa shape index (κ3) is 8.95. The molecule has 1 heterocycles. The van der Waals surface area contributed by atoms with E-state index in [0.29, 0.717) is 19.4 Å². The third-order valence-electron chi connectivity index (χ3n) is 2.01. The number of carboxylic acids is 1. The summed E-state index contributed by atoms with van der Waals surface area (Å²) in [6, 6.07) is -0.709. The lowest BCUT2D eigenvalue weighted by molar-refractivity contribution is -0.138. The van der Waals surface area contributed by atoms with Crippen LogP contribution in [-0.2, 0) is 4.79 Å². The minimum absolute atomic E-state index is 0.466. The monoisotopic (exact) mass is 297 g/mol. The topological polar surface area (TPSA) is 138 Å². The summed E-state index contributed by atoms with van der Waals surface area (Å²) in [5.41, 5.74) is 9.72. The summed E-state index contributed by atoms with van der Waals surface area (Å²) in [4.78, 5) is 18.9. The Morgan fingerprint density at radius 2 is 2.35 bits per heavy atom. The van der Waals surface area contributed by atoms with Crippen molar-refractivity contribution in [3.05, 3.63) is 22.7 Å². The summed E-state index contributed by atoms with van der Waals surface area (Å²) in [6.07, 6.45) is 8.56. The molecule has 6 N–H and O–H groups in total. The van der Waals surface area contributed by atoms with Gasteiger partial charge in [-0.2, -0.15) is 0 Å². The van der Waals surface area contributed by atoms with E-state index in [4.69, 9.17) is 16.2 Å². The first-order valence-corrected chi connectivity index (χ1v) is 6.76. The lowest BCUT2D eigenvalue weighted by atomic mass is 10.1. The number of nitrogens with one attached hydrogen (secondary N) is 1. The van der Waals surface area contributed by atoms with Gasteiger partial charge in [0, 0.05) is 17.8 Å². The Kier molecular flexibility index (Phi) is 10.8. The second kappa shape index (κ2) is 12.0. The Labute approximate surface area is 121 Å². The maximum absolute atomic E-state index is 10.8. The lowest BCUT2D eigenvalue weighted by Gasteiger charge is -2.04. The van der Waals surface area contributed by atoms with E-state index in [1.165, 1.54) is 17.6 Å². The molecule has 1 aromatic heterocycles. The van der Waals surface area contributed by atoms with Crippen LogP contribution >= 0.6 is 11.3 Å². The van der Waals surface area contributed by atoms with Gasteiger partial charge in [0.05, 0.1) is 6.34 Å². The maximum atomic E-state index is 10.8. The van der Waals surface area contributed by atoms with Gasteiger partial charge in [0.25, 0.3) is 0 Å². The number of carboxylic acid groups (broad SMARTS) is 1. The molecule has 7 nitrogen and oxygen atoms in total. The summed E-state index contributed by atoms with van der Waals surface area (Å²) in [6.45, 7) is 0.480. The van der Waals surface area contributed by atoms with Gasteiger partial charge in [0.15, 0.2) is 0 Å². The molecule has 0 saturated heterocycles. The van der Waals surface area contributed by atoms with Gasteiger partial charge in [-0.1, -0.05) is 0 Å². The molecule has 1 aromatic rings. The van der Waals surface area contributed by atoms with Gasteiger partial charge in [0.2, 0.25) is 0 Å². The van der Waals surface area contributed by atoms with Crippen LogP contribution in [-0.4, -0.2) is 41.2 Å². The van der Waals surface area contributed by atoms with E-state index >= 15 is 0 Å². The molecule has 0 fully saturated rings. The zero-order chi connectivity index (χ0) is 15.2. The number of hydrogen-bond donors (Lipinski definition) is 4. The van der Waals surface area contributed by atoms with Crippen molar-refractivity contribution < 1.29 is 9.90 Å². The quantitative estimate of drug-likeness (QED) is 0.439. The predicted octanol–water partition coefficient (Wildman–Crippen LogP) is 0.971. The molecule has 0 amide bonds. The van der Waals surface area contributed by atoms with E-state index in [1.54, 1.807) is 18.3 Å². The molecular formula is C12H19N5O2S. The molecule has 0 bridgehead atoms.